The highest BCUT2D eigenvalue weighted by Gasteiger charge is 2.45. The summed E-state index contributed by atoms with van der Waals surface area (Å²) in [5.41, 5.74) is -0.184. The Kier molecular flexibility index (Phi) is 4.24. The van der Waals surface area contributed by atoms with Gasteiger partial charge in [0.25, 0.3) is 0 Å². The van der Waals surface area contributed by atoms with Gasteiger partial charge in [0.2, 0.25) is 0 Å². The molecule has 0 aliphatic carbocycles. The van der Waals surface area contributed by atoms with Crippen molar-refractivity contribution in [3.05, 3.63) is 83.9 Å². The molecular weight excluding hydrogens is 264 g/mol. The fourth-order valence-electron chi connectivity index (χ4n) is 2.63. The Balaban J connectivity index is 2.71. The Morgan fingerprint density at radius 2 is 1.38 bits per heavy atom. The van der Waals surface area contributed by atoms with Gasteiger partial charge < -0.3 is 10.2 Å². The first-order valence-electron chi connectivity index (χ1n) is 6.69. The molecule has 108 valence electrons. The first-order chi connectivity index (χ1) is 9.98. The van der Waals surface area contributed by atoms with Gasteiger partial charge in [0.15, 0.2) is 0 Å². The summed E-state index contributed by atoms with van der Waals surface area (Å²) in [5.74, 6) is -2.22. The maximum atomic E-state index is 11.7. The molecule has 3 nitrogen and oxygen atoms in total. The van der Waals surface area contributed by atoms with E-state index in [1.807, 2.05) is 12.1 Å². The van der Waals surface area contributed by atoms with E-state index in [-0.39, 0.29) is 0 Å². The number of hydrogen-bond donors (Lipinski definition) is 2. The number of rotatable bonds is 5. The zero-order valence-electron chi connectivity index (χ0n) is 11.9. The van der Waals surface area contributed by atoms with Crippen molar-refractivity contribution < 1.29 is 15.0 Å². The molecule has 0 aromatic heterocycles. The van der Waals surface area contributed by atoms with Crippen molar-refractivity contribution in [1.29, 1.82) is 0 Å². The van der Waals surface area contributed by atoms with E-state index in [1.165, 1.54) is 0 Å². The molecule has 21 heavy (non-hydrogen) atoms. The molecule has 2 aromatic rings. The fraction of sp³-hybridized carbons (Fsp3) is 0.167. The standard InChI is InChI=1S/C18H18O3/c1-13(2)16(17(19)20)18(21,14-9-5-3-6-10-14)15-11-7-4-8-12-15/h3-12,16,21H,1H2,2H3,(H,19,20). The van der Waals surface area contributed by atoms with E-state index in [1.54, 1.807) is 55.5 Å². The largest absolute Gasteiger partial charge is 0.481 e. The molecule has 0 aliphatic heterocycles. The van der Waals surface area contributed by atoms with Gasteiger partial charge in [-0.15, -0.1) is 0 Å². The van der Waals surface area contributed by atoms with E-state index in [9.17, 15) is 15.0 Å². The highest BCUT2D eigenvalue weighted by atomic mass is 16.4. The molecule has 0 saturated carbocycles. The average molecular weight is 282 g/mol. The van der Waals surface area contributed by atoms with Gasteiger partial charge in [0.05, 0.1) is 0 Å². The van der Waals surface area contributed by atoms with Gasteiger partial charge in [0, 0.05) is 0 Å². The van der Waals surface area contributed by atoms with Gasteiger partial charge in [-0.2, -0.15) is 0 Å². The van der Waals surface area contributed by atoms with Crippen molar-refractivity contribution in [2.45, 2.75) is 12.5 Å². The summed E-state index contributed by atoms with van der Waals surface area (Å²) in [6.07, 6.45) is 0. The molecule has 2 aromatic carbocycles. The van der Waals surface area contributed by atoms with Gasteiger partial charge in [-0.05, 0) is 18.1 Å². The number of aliphatic hydroxyl groups is 1. The summed E-state index contributed by atoms with van der Waals surface area (Å²) in [6.45, 7) is 5.37. The maximum absolute atomic E-state index is 11.7. The van der Waals surface area contributed by atoms with Crippen LogP contribution >= 0.6 is 0 Å². The molecule has 0 spiro atoms. The number of carboxylic acids is 1. The molecule has 1 atom stereocenters. The summed E-state index contributed by atoms with van der Waals surface area (Å²) in [5, 5.41) is 20.9. The van der Waals surface area contributed by atoms with Crippen molar-refractivity contribution >= 4 is 5.97 Å². The number of benzene rings is 2. The number of carboxylic acid groups (broad SMARTS) is 1. The molecule has 0 heterocycles. The maximum Gasteiger partial charge on any atom is 0.314 e. The zero-order chi connectivity index (χ0) is 15.5. The van der Waals surface area contributed by atoms with Crippen LogP contribution in [0.2, 0.25) is 0 Å². The topological polar surface area (TPSA) is 57.5 Å². The van der Waals surface area contributed by atoms with E-state index in [0.29, 0.717) is 16.7 Å². The summed E-state index contributed by atoms with van der Waals surface area (Å²) in [7, 11) is 0. The van der Waals surface area contributed by atoms with E-state index >= 15 is 0 Å². The van der Waals surface area contributed by atoms with Gasteiger partial charge in [-0.25, -0.2) is 0 Å². The van der Waals surface area contributed by atoms with Gasteiger partial charge in [-0.1, -0.05) is 72.8 Å². The van der Waals surface area contributed by atoms with Gasteiger partial charge in [-0.3, -0.25) is 4.79 Å². The quantitative estimate of drug-likeness (QED) is 0.828. The predicted octanol–water partition coefficient (Wildman–Crippen LogP) is 3.20. The van der Waals surface area contributed by atoms with Crippen molar-refractivity contribution in [3.8, 4) is 0 Å². The molecule has 0 bridgehead atoms. The van der Waals surface area contributed by atoms with Gasteiger partial charge in [0.1, 0.15) is 11.5 Å². The zero-order valence-corrected chi connectivity index (χ0v) is 11.9. The van der Waals surface area contributed by atoms with Crippen LogP contribution < -0.4 is 0 Å². The van der Waals surface area contributed by atoms with Crippen LogP contribution in [0.3, 0.4) is 0 Å². The summed E-state index contributed by atoms with van der Waals surface area (Å²) >= 11 is 0. The van der Waals surface area contributed by atoms with Crippen LogP contribution in [0.1, 0.15) is 18.1 Å². The van der Waals surface area contributed by atoms with Crippen molar-refractivity contribution in [1.82, 2.24) is 0 Å². The molecule has 0 radical (unpaired) electrons. The minimum absolute atomic E-state index is 0.401. The van der Waals surface area contributed by atoms with Crippen LogP contribution in [0.15, 0.2) is 72.8 Å². The van der Waals surface area contributed by atoms with Gasteiger partial charge >= 0.3 is 5.97 Å². The lowest BCUT2D eigenvalue weighted by Gasteiger charge is -2.35. The minimum atomic E-state index is -1.65. The molecule has 2 rings (SSSR count). The van der Waals surface area contributed by atoms with Crippen molar-refractivity contribution in [3.63, 3.8) is 0 Å². The normalized spacial score (nSPS) is 12.7. The Morgan fingerprint density at radius 3 is 1.67 bits per heavy atom. The lowest BCUT2D eigenvalue weighted by Crippen LogP contribution is -2.41. The fourth-order valence-corrected chi connectivity index (χ4v) is 2.63. The van der Waals surface area contributed by atoms with Crippen LogP contribution in [0.5, 0.6) is 0 Å². The molecule has 0 aliphatic rings. The Bertz CT molecular complexity index is 579. The number of hydrogen-bond acceptors (Lipinski definition) is 2. The van der Waals surface area contributed by atoms with E-state index < -0.39 is 17.5 Å². The predicted molar refractivity (Wildman–Crippen MR) is 81.8 cm³/mol. The summed E-state index contributed by atoms with van der Waals surface area (Å²) in [6, 6.07) is 17.7. The van der Waals surface area contributed by atoms with Crippen LogP contribution in [0.4, 0.5) is 0 Å². The second-order valence-corrected chi connectivity index (χ2v) is 5.12. The van der Waals surface area contributed by atoms with E-state index in [0.717, 1.165) is 0 Å². The van der Waals surface area contributed by atoms with Crippen LogP contribution in [-0.2, 0) is 10.4 Å². The van der Waals surface area contributed by atoms with Crippen LogP contribution in [0, 0.1) is 5.92 Å². The van der Waals surface area contributed by atoms with E-state index in [4.69, 9.17) is 0 Å². The highest BCUT2D eigenvalue weighted by molar-refractivity contribution is 5.76. The Labute approximate surface area is 124 Å². The minimum Gasteiger partial charge on any atom is -0.481 e. The second-order valence-electron chi connectivity index (χ2n) is 5.12. The molecule has 2 N–H and O–H groups in total. The summed E-state index contributed by atoms with van der Waals surface area (Å²) < 4.78 is 0. The Morgan fingerprint density at radius 1 is 1.00 bits per heavy atom. The third kappa shape index (κ3) is 2.73. The molecule has 3 heteroatoms. The van der Waals surface area contributed by atoms with Crippen molar-refractivity contribution in [2.24, 2.45) is 5.92 Å². The Hall–Kier alpha value is -2.39. The molecule has 0 fully saturated rings. The van der Waals surface area contributed by atoms with Crippen LogP contribution in [-0.4, -0.2) is 16.2 Å². The smallest absolute Gasteiger partial charge is 0.314 e. The molecular formula is C18H18O3. The molecule has 0 amide bonds. The summed E-state index contributed by atoms with van der Waals surface area (Å²) in [4.78, 5) is 11.7. The lowest BCUT2D eigenvalue weighted by molar-refractivity contribution is -0.147. The SMILES string of the molecule is C=C(C)C(C(=O)O)C(O)(c1ccccc1)c1ccccc1. The van der Waals surface area contributed by atoms with E-state index in [2.05, 4.69) is 6.58 Å². The molecule has 0 saturated heterocycles. The highest BCUT2D eigenvalue weighted by Crippen LogP contribution is 2.40. The third-order valence-electron chi connectivity index (χ3n) is 3.59. The van der Waals surface area contributed by atoms with Crippen molar-refractivity contribution in [2.75, 3.05) is 0 Å². The molecule has 1 unspecified atom stereocenters. The first-order valence-corrected chi connectivity index (χ1v) is 6.69. The first kappa shape index (κ1) is 15.0. The number of carbonyl (C=O) groups is 1. The number of aliphatic carboxylic acids is 1. The van der Waals surface area contributed by atoms with Crippen LogP contribution in [0.25, 0.3) is 0 Å². The third-order valence-corrected chi connectivity index (χ3v) is 3.59. The monoisotopic (exact) mass is 282 g/mol. The second kappa shape index (κ2) is 5.94. The average Bonchev–Trinajstić information content (AvgIpc) is 2.48. The lowest BCUT2D eigenvalue weighted by atomic mass is 9.73.